The number of rotatable bonds is 7. The molecule has 0 bridgehead atoms. The predicted octanol–water partition coefficient (Wildman–Crippen LogP) is 4.50. The Kier molecular flexibility index (Phi) is 7.28. The highest BCUT2D eigenvalue weighted by molar-refractivity contribution is 7.89. The minimum atomic E-state index is -3.67. The molecule has 0 spiro atoms. The molecule has 0 saturated carbocycles. The molecule has 5 rings (SSSR count). The lowest BCUT2D eigenvalue weighted by atomic mass is 10.1. The van der Waals surface area contributed by atoms with Crippen LogP contribution < -0.4 is 16.6 Å². The van der Waals surface area contributed by atoms with Crippen LogP contribution in [0.2, 0.25) is 5.02 Å². The number of nitrogens with one attached hydrogen (secondary N) is 1. The van der Waals surface area contributed by atoms with Gasteiger partial charge in [-0.25, -0.2) is 22.7 Å². The minimum Gasteiger partial charge on any atom is -0.368 e. The summed E-state index contributed by atoms with van der Waals surface area (Å²) in [7, 11) is -0.729. The maximum Gasteiger partial charge on any atom is 0.267 e. The first kappa shape index (κ1) is 27.3. The maximum atomic E-state index is 13.8. The summed E-state index contributed by atoms with van der Waals surface area (Å²) < 4.78 is 28.2. The third-order valence-electron chi connectivity index (χ3n) is 6.36. The maximum absolute atomic E-state index is 13.8. The third-order valence-corrected chi connectivity index (χ3v) is 8.48. The highest BCUT2D eigenvalue weighted by Gasteiger charge is 2.22. The summed E-state index contributed by atoms with van der Waals surface area (Å²) in [6.07, 6.45) is 1.52. The molecule has 204 valence electrons. The summed E-state index contributed by atoms with van der Waals surface area (Å²) >= 11 is 6.41. The zero-order valence-electron chi connectivity index (χ0n) is 21.9. The van der Waals surface area contributed by atoms with Gasteiger partial charge in [0.05, 0.1) is 32.6 Å². The molecule has 3 aromatic carbocycles. The van der Waals surface area contributed by atoms with Crippen LogP contribution in [0.5, 0.6) is 0 Å². The fraction of sp³-hybridized carbons (Fsp3) is 0.143. The van der Waals surface area contributed by atoms with E-state index in [9.17, 15) is 13.2 Å². The van der Waals surface area contributed by atoms with E-state index >= 15 is 0 Å². The second-order valence-corrected chi connectivity index (χ2v) is 11.8. The first-order chi connectivity index (χ1) is 19.1. The van der Waals surface area contributed by atoms with E-state index in [1.165, 1.54) is 30.9 Å². The van der Waals surface area contributed by atoms with Crippen molar-refractivity contribution >= 4 is 44.3 Å². The third kappa shape index (κ3) is 5.02. The van der Waals surface area contributed by atoms with E-state index in [1.807, 2.05) is 37.3 Å². The van der Waals surface area contributed by atoms with Crippen molar-refractivity contribution in [2.24, 2.45) is 0 Å². The molecule has 10 nitrogen and oxygen atoms in total. The monoisotopic (exact) mass is 575 g/mol. The van der Waals surface area contributed by atoms with Crippen LogP contribution in [0.15, 0.2) is 88.7 Å². The number of benzene rings is 3. The molecule has 0 aliphatic heterocycles. The number of anilines is 2. The zero-order valence-corrected chi connectivity index (χ0v) is 23.5. The van der Waals surface area contributed by atoms with Crippen molar-refractivity contribution < 1.29 is 8.42 Å². The Morgan fingerprint density at radius 3 is 2.45 bits per heavy atom. The lowest BCUT2D eigenvalue weighted by Gasteiger charge is -2.21. The van der Waals surface area contributed by atoms with E-state index in [2.05, 4.69) is 15.3 Å². The summed E-state index contributed by atoms with van der Waals surface area (Å²) in [5.41, 5.74) is 7.80. The predicted molar refractivity (Wildman–Crippen MR) is 157 cm³/mol. The highest BCUT2D eigenvalue weighted by atomic mass is 35.5. The fourth-order valence-electron chi connectivity index (χ4n) is 4.35. The first-order valence-corrected chi connectivity index (χ1v) is 14.1. The van der Waals surface area contributed by atoms with Crippen molar-refractivity contribution in [2.45, 2.75) is 17.9 Å². The quantitative estimate of drug-likeness (QED) is 0.289. The molecule has 3 N–H and O–H groups in total. The number of fused-ring (bicyclic) bond motifs is 1. The molecule has 1 atom stereocenters. The van der Waals surface area contributed by atoms with E-state index in [0.717, 1.165) is 4.31 Å². The van der Waals surface area contributed by atoms with E-state index in [-0.39, 0.29) is 16.4 Å². The summed E-state index contributed by atoms with van der Waals surface area (Å²) in [5, 5.41) is 3.94. The van der Waals surface area contributed by atoms with Gasteiger partial charge < -0.3 is 11.1 Å². The number of hydrogen-bond donors (Lipinski definition) is 2. The van der Waals surface area contributed by atoms with Crippen molar-refractivity contribution in [3.63, 3.8) is 0 Å². The number of nitrogen functional groups attached to an aromatic ring is 1. The fourth-order valence-corrected chi connectivity index (χ4v) is 5.54. The summed E-state index contributed by atoms with van der Waals surface area (Å²) in [4.78, 5) is 27.2. The number of nitrogens with zero attached hydrogens (tertiary/aromatic N) is 5. The van der Waals surface area contributed by atoms with Crippen LogP contribution >= 0.6 is 11.6 Å². The van der Waals surface area contributed by atoms with Gasteiger partial charge in [-0.05, 0) is 48.9 Å². The molecule has 0 unspecified atom stereocenters. The van der Waals surface area contributed by atoms with Crippen molar-refractivity contribution in [3.8, 4) is 16.8 Å². The molecule has 0 aliphatic rings. The van der Waals surface area contributed by atoms with Gasteiger partial charge in [0.25, 0.3) is 5.56 Å². The molecule has 0 amide bonds. The Labute approximate surface area is 236 Å². The van der Waals surface area contributed by atoms with E-state index in [4.69, 9.17) is 22.3 Å². The molecule has 40 heavy (non-hydrogen) atoms. The molecule has 2 heterocycles. The van der Waals surface area contributed by atoms with Gasteiger partial charge in [0, 0.05) is 25.9 Å². The van der Waals surface area contributed by atoms with Crippen LogP contribution in [0.4, 0.5) is 11.8 Å². The topological polar surface area (TPSA) is 136 Å². The summed E-state index contributed by atoms with van der Waals surface area (Å²) in [6.45, 7) is 1.84. The molecular formula is C28H26ClN7O3S. The lowest BCUT2D eigenvalue weighted by molar-refractivity contribution is 0.521. The number of aromatic nitrogens is 4. The molecule has 12 heteroatoms. The van der Waals surface area contributed by atoms with Crippen LogP contribution in [0.25, 0.3) is 27.7 Å². The molecular weight excluding hydrogens is 550 g/mol. The SMILES string of the molecule is C[C@H](Nc1nc(N)ncc1-c1cccc(S(=O)(=O)N(C)C)c1)c1nc2cccc(Cl)c2c(=O)n1-c1ccccc1. The molecule has 0 radical (unpaired) electrons. The standard InChI is InChI=1S/C28H26ClN7O3S/c1-17(26-33-23-14-8-13-22(29)24(23)27(37)36(26)19-10-5-4-6-11-19)32-25-21(16-31-28(30)34-25)18-9-7-12-20(15-18)40(38,39)35(2)3/h4-17H,1-3H3,(H3,30,31,32,34)/t17-/m0/s1. The van der Waals surface area contributed by atoms with Crippen LogP contribution in [0.3, 0.4) is 0 Å². The molecule has 0 fully saturated rings. The second kappa shape index (κ2) is 10.7. The van der Waals surface area contributed by atoms with Crippen LogP contribution in [0.1, 0.15) is 18.8 Å². The van der Waals surface area contributed by atoms with E-state index in [0.29, 0.717) is 44.4 Å². The average Bonchev–Trinajstić information content (AvgIpc) is 2.93. The largest absolute Gasteiger partial charge is 0.368 e. The molecule has 2 aromatic heterocycles. The lowest BCUT2D eigenvalue weighted by Crippen LogP contribution is -2.27. The Balaban J connectivity index is 1.64. The van der Waals surface area contributed by atoms with Gasteiger partial charge >= 0.3 is 0 Å². The second-order valence-electron chi connectivity index (χ2n) is 9.25. The van der Waals surface area contributed by atoms with Gasteiger partial charge in [0.15, 0.2) is 0 Å². The van der Waals surface area contributed by atoms with Gasteiger partial charge in [-0.1, -0.05) is 48.0 Å². The number of nitrogens with two attached hydrogens (primary N) is 1. The van der Waals surface area contributed by atoms with Gasteiger partial charge in [-0.15, -0.1) is 0 Å². The smallest absolute Gasteiger partial charge is 0.267 e. The minimum absolute atomic E-state index is 0.0224. The number of hydrogen-bond acceptors (Lipinski definition) is 8. The average molecular weight is 576 g/mol. The zero-order chi connectivity index (χ0) is 28.6. The number of halogens is 1. The molecule has 5 aromatic rings. The Hall–Kier alpha value is -4.32. The van der Waals surface area contributed by atoms with Crippen LogP contribution in [-0.2, 0) is 10.0 Å². The number of sulfonamides is 1. The first-order valence-electron chi connectivity index (χ1n) is 12.3. The van der Waals surface area contributed by atoms with Crippen molar-refractivity contribution in [2.75, 3.05) is 25.1 Å². The van der Waals surface area contributed by atoms with Gasteiger partial charge in [-0.3, -0.25) is 9.36 Å². The van der Waals surface area contributed by atoms with Gasteiger partial charge in [0.1, 0.15) is 11.6 Å². The van der Waals surface area contributed by atoms with Crippen molar-refractivity contribution in [1.82, 2.24) is 23.8 Å². The normalized spacial score (nSPS) is 12.5. The molecule has 0 aliphatic carbocycles. The van der Waals surface area contributed by atoms with E-state index in [1.54, 1.807) is 36.4 Å². The van der Waals surface area contributed by atoms with Gasteiger partial charge in [-0.2, -0.15) is 4.98 Å². The van der Waals surface area contributed by atoms with Gasteiger partial charge in [0.2, 0.25) is 16.0 Å². The van der Waals surface area contributed by atoms with Crippen LogP contribution in [0, 0.1) is 0 Å². The Morgan fingerprint density at radius 2 is 1.73 bits per heavy atom. The Bertz CT molecular complexity index is 1890. The molecule has 0 saturated heterocycles. The summed E-state index contributed by atoms with van der Waals surface area (Å²) in [6, 6.07) is 20.2. The van der Waals surface area contributed by atoms with Crippen LogP contribution in [-0.4, -0.2) is 46.3 Å². The highest BCUT2D eigenvalue weighted by Crippen LogP contribution is 2.31. The summed E-state index contributed by atoms with van der Waals surface area (Å²) in [5.74, 6) is 0.784. The number of para-hydroxylation sites is 1. The van der Waals surface area contributed by atoms with Crippen molar-refractivity contribution in [1.29, 1.82) is 0 Å². The van der Waals surface area contributed by atoms with Crippen molar-refractivity contribution in [3.05, 3.63) is 100 Å². The Morgan fingerprint density at radius 1 is 1.00 bits per heavy atom. The van der Waals surface area contributed by atoms with E-state index < -0.39 is 16.1 Å².